The van der Waals surface area contributed by atoms with Crippen LogP contribution >= 0.6 is 0 Å². The highest BCUT2D eigenvalue weighted by Gasteiger charge is 2.28. The Morgan fingerprint density at radius 1 is 0.909 bits per heavy atom. The first-order valence-electron chi connectivity index (χ1n) is 11.2. The van der Waals surface area contributed by atoms with Gasteiger partial charge >= 0.3 is 0 Å². The van der Waals surface area contributed by atoms with Crippen molar-refractivity contribution >= 4 is 11.8 Å². The zero-order valence-corrected chi connectivity index (χ0v) is 18.6. The molecule has 3 aromatic rings. The van der Waals surface area contributed by atoms with Gasteiger partial charge in [-0.2, -0.15) is 0 Å². The fourth-order valence-electron chi connectivity index (χ4n) is 3.99. The number of phenolic OH excluding ortho intramolecular Hbond substituents is 1. The van der Waals surface area contributed by atoms with E-state index in [4.69, 9.17) is 4.74 Å². The molecule has 1 aliphatic heterocycles. The molecule has 4 rings (SSSR count). The van der Waals surface area contributed by atoms with Gasteiger partial charge in [-0.05, 0) is 67.3 Å². The maximum atomic E-state index is 12.7. The Bertz CT molecular complexity index is 1070. The number of likely N-dealkylation sites (tertiary alicyclic amines) is 1. The maximum absolute atomic E-state index is 12.7. The van der Waals surface area contributed by atoms with Crippen LogP contribution in [0.15, 0.2) is 78.9 Å². The minimum atomic E-state index is -0.621. The zero-order valence-electron chi connectivity index (χ0n) is 18.6. The zero-order chi connectivity index (χ0) is 23.2. The Balaban J connectivity index is 1.26. The molecule has 6 nitrogen and oxygen atoms in total. The largest absolute Gasteiger partial charge is 0.508 e. The molecule has 2 amide bonds. The Hall–Kier alpha value is -3.80. The second kappa shape index (κ2) is 10.2. The van der Waals surface area contributed by atoms with E-state index in [9.17, 15) is 14.7 Å². The number of benzene rings is 3. The Morgan fingerprint density at radius 3 is 2.15 bits per heavy atom. The van der Waals surface area contributed by atoms with Crippen molar-refractivity contribution in [3.05, 3.63) is 84.4 Å². The van der Waals surface area contributed by atoms with E-state index in [1.165, 1.54) is 12.1 Å². The third-order valence-electron chi connectivity index (χ3n) is 5.89. The molecule has 1 heterocycles. The molecule has 0 radical (unpaired) electrons. The topological polar surface area (TPSA) is 78.9 Å². The third-order valence-corrected chi connectivity index (χ3v) is 5.89. The predicted molar refractivity (Wildman–Crippen MR) is 127 cm³/mol. The molecule has 1 unspecified atom stereocenters. The second-order valence-electron chi connectivity index (χ2n) is 8.27. The first-order valence-corrected chi connectivity index (χ1v) is 11.2. The molecule has 0 bridgehead atoms. The number of hydrogen-bond acceptors (Lipinski definition) is 4. The van der Waals surface area contributed by atoms with Crippen molar-refractivity contribution < 1.29 is 19.4 Å². The van der Waals surface area contributed by atoms with E-state index >= 15 is 0 Å². The fourth-order valence-corrected chi connectivity index (χ4v) is 3.99. The number of aromatic hydroxyl groups is 1. The highest BCUT2D eigenvalue weighted by atomic mass is 16.5. The number of amides is 2. The van der Waals surface area contributed by atoms with E-state index in [0.29, 0.717) is 37.2 Å². The summed E-state index contributed by atoms with van der Waals surface area (Å²) in [6.07, 6.45) is 0.778. The number of hydrogen-bond donors (Lipinski definition) is 2. The highest BCUT2D eigenvalue weighted by molar-refractivity contribution is 5.95. The molecule has 0 saturated carbocycles. The molecule has 0 aromatic heterocycles. The van der Waals surface area contributed by atoms with Gasteiger partial charge in [-0.25, -0.2) is 0 Å². The lowest BCUT2D eigenvalue weighted by Crippen LogP contribution is -2.49. The fraction of sp³-hybridized carbons (Fsp3) is 0.259. The van der Waals surface area contributed by atoms with Crippen molar-refractivity contribution in [1.82, 2.24) is 10.2 Å². The van der Waals surface area contributed by atoms with Crippen molar-refractivity contribution in [1.29, 1.82) is 0 Å². The molecule has 6 heteroatoms. The summed E-state index contributed by atoms with van der Waals surface area (Å²) in [4.78, 5) is 27.2. The van der Waals surface area contributed by atoms with Crippen LogP contribution in [0.1, 0.15) is 30.1 Å². The van der Waals surface area contributed by atoms with E-state index in [1.54, 1.807) is 24.0 Å². The Kier molecular flexibility index (Phi) is 6.93. The van der Waals surface area contributed by atoms with Gasteiger partial charge in [0.05, 0.1) is 0 Å². The van der Waals surface area contributed by atoms with Crippen LogP contribution < -0.4 is 10.1 Å². The molecule has 0 spiro atoms. The van der Waals surface area contributed by atoms with Crippen LogP contribution in [0.25, 0.3) is 11.1 Å². The molecule has 33 heavy (non-hydrogen) atoms. The van der Waals surface area contributed by atoms with Gasteiger partial charge in [-0.1, -0.05) is 42.5 Å². The highest BCUT2D eigenvalue weighted by Crippen LogP contribution is 2.21. The summed E-state index contributed by atoms with van der Waals surface area (Å²) in [5.74, 6) is 0.513. The number of nitrogens with one attached hydrogen (secondary N) is 1. The summed E-state index contributed by atoms with van der Waals surface area (Å²) < 4.78 is 5.70. The molecule has 1 saturated heterocycles. The van der Waals surface area contributed by atoms with Crippen LogP contribution in [0.4, 0.5) is 0 Å². The first-order chi connectivity index (χ1) is 16.0. The van der Waals surface area contributed by atoms with Crippen LogP contribution in [-0.2, 0) is 4.79 Å². The molecule has 1 atom stereocenters. The summed E-state index contributed by atoms with van der Waals surface area (Å²) in [7, 11) is 0. The van der Waals surface area contributed by atoms with Gasteiger partial charge in [0.25, 0.3) is 11.8 Å². The average Bonchev–Trinajstić information content (AvgIpc) is 2.86. The van der Waals surface area contributed by atoms with Crippen molar-refractivity contribution in [2.75, 3.05) is 13.1 Å². The molecular weight excluding hydrogens is 416 g/mol. The monoisotopic (exact) mass is 444 g/mol. The minimum Gasteiger partial charge on any atom is -0.508 e. The molecule has 170 valence electrons. The minimum absolute atomic E-state index is 0.0312. The third kappa shape index (κ3) is 5.71. The van der Waals surface area contributed by atoms with Crippen LogP contribution in [0.2, 0.25) is 0 Å². The van der Waals surface area contributed by atoms with Crippen molar-refractivity contribution in [3.63, 3.8) is 0 Å². The van der Waals surface area contributed by atoms with E-state index in [2.05, 4.69) is 5.32 Å². The second-order valence-corrected chi connectivity index (χ2v) is 8.27. The van der Waals surface area contributed by atoms with E-state index in [1.807, 2.05) is 54.6 Å². The van der Waals surface area contributed by atoms with Crippen LogP contribution in [0.5, 0.6) is 11.5 Å². The van der Waals surface area contributed by atoms with Crippen molar-refractivity contribution in [2.45, 2.75) is 31.9 Å². The van der Waals surface area contributed by atoms with Crippen LogP contribution in [0, 0.1) is 0 Å². The number of carbonyl (C=O) groups excluding carboxylic acids is 2. The normalized spacial score (nSPS) is 15.0. The molecule has 1 aliphatic rings. The molecule has 0 aliphatic carbocycles. The van der Waals surface area contributed by atoms with E-state index in [0.717, 1.165) is 11.1 Å². The number of phenols is 1. The first kappa shape index (κ1) is 22.4. The van der Waals surface area contributed by atoms with Crippen molar-refractivity contribution in [3.8, 4) is 22.6 Å². The van der Waals surface area contributed by atoms with Gasteiger partial charge in [0.1, 0.15) is 11.5 Å². The SMILES string of the molecule is CC(Oc1ccc(O)cc1)C(=O)N1CCC(NC(=O)c2ccc(-c3ccccc3)cc2)CC1. The molecular formula is C27H28N2O4. The summed E-state index contributed by atoms with van der Waals surface area (Å²) in [6.45, 7) is 2.86. The number of ether oxygens (including phenoxy) is 1. The summed E-state index contributed by atoms with van der Waals surface area (Å²) in [5.41, 5.74) is 2.82. The van der Waals surface area contributed by atoms with Crippen molar-refractivity contribution in [2.24, 2.45) is 0 Å². The smallest absolute Gasteiger partial charge is 0.263 e. The Labute approximate surface area is 193 Å². The standard InChI is InChI=1S/C27H28N2O4/c1-19(33-25-13-11-24(30)12-14-25)27(32)29-17-15-23(16-18-29)28-26(31)22-9-7-21(8-10-22)20-5-3-2-4-6-20/h2-14,19,23,30H,15-18H2,1H3,(H,28,31). The summed E-state index contributed by atoms with van der Waals surface area (Å²) >= 11 is 0. The van der Waals surface area contributed by atoms with E-state index in [-0.39, 0.29) is 23.6 Å². The van der Waals surface area contributed by atoms with Crippen LogP contribution in [-0.4, -0.2) is 47.1 Å². The average molecular weight is 445 g/mol. The lowest BCUT2D eigenvalue weighted by Gasteiger charge is -2.33. The van der Waals surface area contributed by atoms with Gasteiger partial charge in [0.2, 0.25) is 0 Å². The number of nitrogens with zero attached hydrogens (tertiary/aromatic N) is 1. The van der Waals surface area contributed by atoms with Gasteiger partial charge in [0.15, 0.2) is 6.10 Å². The van der Waals surface area contributed by atoms with Crippen LogP contribution in [0.3, 0.4) is 0 Å². The quantitative estimate of drug-likeness (QED) is 0.596. The molecule has 1 fully saturated rings. The van der Waals surface area contributed by atoms with E-state index < -0.39 is 6.10 Å². The summed E-state index contributed by atoms with van der Waals surface area (Å²) in [5, 5.41) is 12.5. The number of piperidine rings is 1. The van der Waals surface area contributed by atoms with Gasteiger partial charge in [-0.15, -0.1) is 0 Å². The molecule has 3 aromatic carbocycles. The predicted octanol–water partition coefficient (Wildman–Crippen LogP) is 4.25. The van der Waals surface area contributed by atoms with Gasteiger partial charge in [-0.3, -0.25) is 9.59 Å². The lowest BCUT2D eigenvalue weighted by molar-refractivity contribution is -0.139. The van der Waals surface area contributed by atoms with Gasteiger partial charge < -0.3 is 20.1 Å². The Morgan fingerprint density at radius 2 is 1.52 bits per heavy atom. The number of carbonyl (C=O) groups is 2. The number of rotatable bonds is 6. The van der Waals surface area contributed by atoms with Gasteiger partial charge in [0, 0.05) is 24.7 Å². The maximum Gasteiger partial charge on any atom is 0.263 e. The summed E-state index contributed by atoms with van der Waals surface area (Å²) in [6, 6.07) is 24.0. The lowest BCUT2D eigenvalue weighted by atomic mass is 10.0. The molecule has 2 N–H and O–H groups in total.